The van der Waals surface area contributed by atoms with Crippen LogP contribution in [0.25, 0.3) is 10.2 Å². The lowest BCUT2D eigenvalue weighted by Crippen LogP contribution is -2.17. The second kappa shape index (κ2) is 6.05. The van der Waals surface area contributed by atoms with E-state index in [9.17, 15) is 14.4 Å². The first kappa shape index (κ1) is 15.6. The van der Waals surface area contributed by atoms with Crippen LogP contribution in [0.5, 0.6) is 0 Å². The fraction of sp³-hybridized carbons (Fsp3) is 0.200. The highest BCUT2D eigenvalue weighted by molar-refractivity contribution is 7.20. The maximum absolute atomic E-state index is 12.3. The van der Waals surface area contributed by atoms with Crippen molar-refractivity contribution in [2.75, 3.05) is 7.05 Å². The summed E-state index contributed by atoms with van der Waals surface area (Å²) in [7, 11) is 1.54. The lowest BCUT2D eigenvalue weighted by Gasteiger charge is -1.99. The van der Waals surface area contributed by atoms with E-state index in [1.807, 2.05) is 5.38 Å². The minimum atomic E-state index is -0.326. The topological polar surface area (TPSA) is 91.9 Å². The summed E-state index contributed by atoms with van der Waals surface area (Å²) in [5.41, 5.74) is 0.280. The summed E-state index contributed by atoms with van der Waals surface area (Å²) in [5.74, 6) is -0.0333. The van der Waals surface area contributed by atoms with E-state index in [1.165, 1.54) is 18.4 Å². The molecule has 0 aliphatic heterocycles. The Labute approximate surface area is 139 Å². The number of Topliss-reactive ketones (excluding diaryl/α,β-unsaturated/α-hetero) is 1. The molecular weight excluding hydrogens is 334 g/mol. The quantitative estimate of drug-likeness (QED) is 0.707. The summed E-state index contributed by atoms with van der Waals surface area (Å²) in [4.78, 5) is 44.8. The van der Waals surface area contributed by atoms with Gasteiger partial charge in [0.15, 0.2) is 5.78 Å². The van der Waals surface area contributed by atoms with Crippen LogP contribution in [0.2, 0.25) is 0 Å². The van der Waals surface area contributed by atoms with Crippen molar-refractivity contribution in [1.82, 2.24) is 15.3 Å². The highest BCUT2D eigenvalue weighted by atomic mass is 32.1. The minimum absolute atomic E-state index is 0.0257. The Kier molecular flexibility index (Phi) is 4.10. The number of rotatable bonds is 4. The van der Waals surface area contributed by atoms with Crippen LogP contribution in [0, 0.1) is 6.92 Å². The number of ketones is 1. The first-order valence-corrected chi connectivity index (χ1v) is 8.52. The van der Waals surface area contributed by atoms with E-state index < -0.39 is 0 Å². The van der Waals surface area contributed by atoms with Crippen molar-refractivity contribution in [3.05, 3.63) is 49.0 Å². The van der Waals surface area contributed by atoms with Gasteiger partial charge in [-0.25, -0.2) is 4.98 Å². The SMILES string of the molecule is CNC(=O)c1sc2nc(CC(=O)c3cccs3)[nH]c(=O)c2c1C. The third-order valence-electron chi connectivity index (χ3n) is 3.41. The number of carbonyl (C=O) groups is 2. The standard InChI is InChI=1S/C15H13N3O3S2/c1-7-11-13(20)17-10(6-8(19)9-4-3-5-22-9)18-15(11)23-12(7)14(21)16-2/h3-5H,6H2,1-2H3,(H,16,21)(H,17,18,20). The minimum Gasteiger partial charge on any atom is -0.354 e. The Hall–Kier alpha value is -2.32. The second-order valence-corrected chi connectivity index (χ2v) is 6.85. The predicted octanol–water partition coefficient (Wildman–Crippen LogP) is 2.14. The van der Waals surface area contributed by atoms with Gasteiger partial charge in [-0.2, -0.15) is 0 Å². The maximum atomic E-state index is 12.3. The number of H-pyrrole nitrogens is 1. The van der Waals surface area contributed by atoms with E-state index in [0.29, 0.717) is 31.4 Å². The van der Waals surface area contributed by atoms with Crippen LogP contribution in [0.3, 0.4) is 0 Å². The van der Waals surface area contributed by atoms with Gasteiger partial charge in [0.25, 0.3) is 11.5 Å². The van der Waals surface area contributed by atoms with Gasteiger partial charge in [-0.3, -0.25) is 14.4 Å². The molecule has 3 rings (SSSR count). The Morgan fingerprint density at radius 2 is 2.17 bits per heavy atom. The van der Waals surface area contributed by atoms with Crippen molar-refractivity contribution in [2.24, 2.45) is 0 Å². The molecule has 23 heavy (non-hydrogen) atoms. The maximum Gasteiger partial charge on any atom is 0.261 e. The average Bonchev–Trinajstić information content (AvgIpc) is 3.15. The van der Waals surface area contributed by atoms with E-state index in [0.717, 1.165) is 11.3 Å². The molecular formula is C15H13N3O3S2. The zero-order valence-electron chi connectivity index (χ0n) is 12.4. The van der Waals surface area contributed by atoms with Gasteiger partial charge < -0.3 is 10.3 Å². The number of aryl methyl sites for hydroxylation is 1. The Morgan fingerprint density at radius 3 is 2.83 bits per heavy atom. The lowest BCUT2D eigenvalue weighted by molar-refractivity contribution is 0.0964. The van der Waals surface area contributed by atoms with E-state index in [4.69, 9.17) is 0 Å². The summed E-state index contributed by atoms with van der Waals surface area (Å²) in [5, 5.41) is 4.77. The molecule has 6 nitrogen and oxygen atoms in total. The molecule has 3 aromatic rings. The first-order chi connectivity index (χ1) is 11.0. The average molecular weight is 347 g/mol. The second-order valence-electron chi connectivity index (χ2n) is 4.91. The van der Waals surface area contributed by atoms with E-state index in [2.05, 4.69) is 15.3 Å². The summed E-state index contributed by atoms with van der Waals surface area (Å²) < 4.78 is 0. The molecule has 0 aliphatic rings. The number of nitrogens with zero attached hydrogens (tertiary/aromatic N) is 1. The van der Waals surface area contributed by atoms with Crippen molar-refractivity contribution in [1.29, 1.82) is 0 Å². The van der Waals surface area contributed by atoms with E-state index >= 15 is 0 Å². The molecule has 8 heteroatoms. The summed E-state index contributed by atoms with van der Waals surface area (Å²) in [6, 6.07) is 3.54. The molecule has 1 amide bonds. The molecule has 3 aromatic heterocycles. The number of hydrogen-bond donors (Lipinski definition) is 2. The fourth-order valence-electron chi connectivity index (χ4n) is 2.28. The number of fused-ring (bicyclic) bond motifs is 1. The van der Waals surface area contributed by atoms with Crippen LogP contribution in [-0.4, -0.2) is 28.7 Å². The molecule has 0 unspecified atom stereocenters. The number of aromatic nitrogens is 2. The Bertz CT molecular complexity index is 954. The van der Waals surface area contributed by atoms with Gasteiger partial charge in [0.05, 0.1) is 21.6 Å². The Balaban J connectivity index is 2.03. The van der Waals surface area contributed by atoms with Crippen molar-refractivity contribution in [2.45, 2.75) is 13.3 Å². The van der Waals surface area contributed by atoms with Crippen LogP contribution in [0.1, 0.15) is 30.7 Å². The monoisotopic (exact) mass is 347 g/mol. The van der Waals surface area contributed by atoms with Gasteiger partial charge in [0.2, 0.25) is 0 Å². The van der Waals surface area contributed by atoms with Gasteiger partial charge in [0, 0.05) is 7.05 Å². The van der Waals surface area contributed by atoms with Gasteiger partial charge in [-0.1, -0.05) is 6.07 Å². The molecule has 0 aromatic carbocycles. The number of carbonyl (C=O) groups excluding carboxylic acids is 2. The lowest BCUT2D eigenvalue weighted by atomic mass is 10.2. The van der Waals surface area contributed by atoms with Gasteiger partial charge >= 0.3 is 0 Å². The molecule has 3 heterocycles. The Morgan fingerprint density at radius 1 is 1.39 bits per heavy atom. The predicted molar refractivity (Wildman–Crippen MR) is 90.7 cm³/mol. The number of aromatic amines is 1. The van der Waals surface area contributed by atoms with Crippen LogP contribution in [-0.2, 0) is 6.42 Å². The van der Waals surface area contributed by atoms with Crippen molar-refractivity contribution in [3.63, 3.8) is 0 Å². The molecule has 118 valence electrons. The largest absolute Gasteiger partial charge is 0.354 e. The molecule has 0 radical (unpaired) electrons. The van der Waals surface area contributed by atoms with Crippen molar-refractivity contribution >= 4 is 44.6 Å². The van der Waals surface area contributed by atoms with Crippen LogP contribution >= 0.6 is 22.7 Å². The molecule has 0 aliphatic carbocycles. The van der Waals surface area contributed by atoms with Crippen molar-refractivity contribution in [3.8, 4) is 0 Å². The van der Waals surface area contributed by atoms with Gasteiger partial charge in [-0.15, -0.1) is 22.7 Å². The first-order valence-electron chi connectivity index (χ1n) is 6.82. The third-order valence-corrected chi connectivity index (χ3v) is 5.50. The van der Waals surface area contributed by atoms with Crippen molar-refractivity contribution < 1.29 is 9.59 Å². The van der Waals surface area contributed by atoms with Gasteiger partial charge in [-0.05, 0) is 23.9 Å². The van der Waals surface area contributed by atoms with Crippen LogP contribution in [0.15, 0.2) is 22.3 Å². The molecule has 0 saturated carbocycles. The molecule has 0 bridgehead atoms. The molecule has 0 saturated heterocycles. The van der Waals surface area contributed by atoms with Gasteiger partial charge in [0.1, 0.15) is 10.7 Å². The highest BCUT2D eigenvalue weighted by Crippen LogP contribution is 2.27. The summed E-state index contributed by atoms with van der Waals surface area (Å²) >= 11 is 2.51. The molecule has 0 fully saturated rings. The summed E-state index contributed by atoms with van der Waals surface area (Å²) in [6.07, 6.45) is 0.0257. The summed E-state index contributed by atoms with van der Waals surface area (Å²) in [6.45, 7) is 1.72. The number of nitrogens with one attached hydrogen (secondary N) is 2. The number of amides is 1. The highest BCUT2D eigenvalue weighted by Gasteiger charge is 2.19. The number of thiophene rings is 2. The zero-order chi connectivity index (χ0) is 16.6. The zero-order valence-corrected chi connectivity index (χ0v) is 14.1. The smallest absolute Gasteiger partial charge is 0.261 e. The molecule has 0 spiro atoms. The molecule has 2 N–H and O–H groups in total. The van der Waals surface area contributed by atoms with Crippen LogP contribution < -0.4 is 10.9 Å². The normalized spacial score (nSPS) is 10.9. The molecule has 0 atom stereocenters. The number of hydrogen-bond acceptors (Lipinski definition) is 6. The van der Waals surface area contributed by atoms with E-state index in [1.54, 1.807) is 19.1 Å². The van der Waals surface area contributed by atoms with Crippen LogP contribution in [0.4, 0.5) is 0 Å². The third kappa shape index (κ3) is 2.82. The fourth-order valence-corrected chi connectivity index (χ4v) is 4.09. The van der Waals surface area contributed by atoms with E-state index in [-0.39, 0.29) is 23.7 Å².